The molecule has 0 aliphatic heterocycles. The molecule has 0 aromatic heterocycles. The fraction of sp³-hybridized carbons (Fsp3) is 0.538. The Morgan fingerprint density at radius 2 is 1.53 bits per heavy atom. The lowest BCUT2D eigenvalue weighted by molar-refractivity contribution is 0.395. The van der Waals surface area contributed by atoms with Gasteiger partial charge >= 0.3 is 0 Å². The van der Waals surface area contributed by atoms with E-state index in [1.54, 1.807) is 18.2 Å². The van der Waals surface area contributed by atoms with Gasteiger partial charge in [-0.15, -0.1) is 0 Å². The predicted molar refractivity (Wildman–Crippen MR) is 76.5 cm³/mol. The highest BCUT2D eigenvalue weighted by Gasteiger charge is 2.22. The molecule has 0 amide bonds. The first kappa shape index (κ1) is 15.6. The number of methoxy groups -OCH3 is 2. The summed E-state index contributed by atoms with van der Waals surface area (Å²) in [7, 11) is -0.343. The van der Waals surface area contributed by atoms with Gasteiger partial charge in [0, 0.05) is 18.2 Å². The van der Waals surface area contributed by atoms with E-state index in [0.717, 1.165) is 0 Å². The first-order valence-corrected chi connectivity index (χ1v) is 7.76. The molecule has 0 fully saturated rings. The molecular weight excluding hydrogens is 266 g/mol. The van der Waals surface area contributed by atoms with Crippen LogP contribution in [0.5, 0.6) is 11.5 Å². The summed E-state index contributed by atoms with van der Waals surface area (Å²) in [5.74, 6) is 1.09. The van der Waals surface area contributed by atoms with Crippen LogP contribution in [-0.4, -0.2) is 27.9 Å². The highest BCUT2D eigenvalue weighted by molar-refractivity contribution is 7.93. The fourth-order valence-corrected chi connectivity index (χ4v) is 3.33. The molecule has 1 aromatic carbocycles. The number of sulfonamides is 1. The Morgan fingerprint density at radius 3 is 1.89 bits per heavy atom. The Hall–Kier alpha value is -1.43. The number of ether oxygens (including phenoxy) is 2. The molecule has 5 nitrogen and oxygen atoms in total. The fourth-order valence-electron chi connectivity index (χ4n) is 1.84. The van der Waals surface area contributed by atoms with E-state index in [1.807, 2.05) is 13.8 Å². The van der Waals surface area contributed by atoms with Crippen molar-refractivity contribution in [1.29, 1.82) is 0 Å². The van der Waals surface area contributed by atoms with E-state index in [-0.39, 0.29) is 0 Å². The minimum atomic E-state index is -3.39. The van der Waals surface area contributed by atoms with Crippen LogP contribution < -0.4 is 14.2 Å². The molecule has 0 saturated heterocycles. The summed E-state index contributed by atoms with van der Waals surface area (Å²) in [6, 6.07) is 4.94. The summed E-state index contributed by atoms with van der Waals surface area (Å²) in [6.07, 6.45) is 1.15. The minimum absolute atomic E-state index is 0.398. The molecule has 0 unspecified atom stereocenters. The zero-order chi connectivity index (χ0) is 14.5. The quantitative estimate of drug-likeness (QED) is 0.837. The van der Waals surface area contributed by atoms with Crippen molar-refractivity contribution in [2.75, 3.05) is 18.9 Å². The first-order valence-electron chi connectivity index (χ1n) is 6.21. The zero-order valence-corrected chi connectivity index (χ0v) is 12.6. The van der Waals surface area contributed by atoms with E-state index in [2.05, 4.69) is 4.72 Å². The third-order valence-electron chi connectivity index (χ3n) is 2.96. The number of benzene rings is 1. The second-order valence-electron chi connectivity index (χ2n) is 4.19. The normalized spacial score (nSPS) is 11.4. The second kappa shape index (κ2) is 6.65. The first-order chi connectivity index (χ1) is 8.96. The van der Waals surface area contributed by atoms with Crippen LogP contribution in [0.3, 0.4) is 0 Å². The summed E-state index contributed by atoms with van der Waals surface area (Å²) >= 11 is 0. The number of hydrogen-bond acceptors (Lipinski definition) is 4. The summed E-state index contributed by atoms with van der Waals surface area (Å²) in [5, 5.41) is -0.398. The third kappa shape index (κ3) is 4.02. The van der Waals surface area contributed by atoms with Crippen molar-refractivity contribution in [3.8, 4) is 11.5 Å². The zero-order valence-electron chi connectivity index (χ0n) is 11.8. The minimum Gasteiger partial charge on any atom is -0.497 e. The lowest BCUT2D eigenvalue weighted by atomic mass is 10.3. The third-order valence-corrected chi connectivity index (χ3v) is 5.03. The molecule has 0 aliphatic carbocycles. The molecular formula is C13H21NO4S. The Bertz CT molecular complexity index is 487. The van der Waals surface area contributed by atoms with Crippen LogP contribution in [-0.2, 0) is 10.0 Å². The molecule has 1 aromatic rings. The largest absolute Gasteiger partial charge is 0.497 e. The van der Waals surface area contributed by atoms with Gasteiger partial charge in [-0.25, -0.2) is 8.42 Å². The summed E-state index contributed by atoms with van der Waals surface area (Å²) in [4.78, 5) is 0. The molecule has 0 heterocycles. The van der Waals surface area contributed by atoms with E-state index >= 15 is 0 Å². The van der Waals surface area contributed by atoms with Crippen LogP contribution in [0.15, 0.2) is 18.2 Å². The monoisotopic (exact) mass is 287 g/mol. The average molecular weight is 287 g/mol. The summed E-state index contributed by atoms with van der Waals surface area (Å²) in [6.45, 7) is 3.72. The maximum Gasteiger partial charge on any atom is 0.235 e. The van der Waals surface area contributed by atoms with Gasteiger partial charge < -0.3 is 9.47 Å². The Balaban J connectivity index is 3.04. The van der Waals surface area contributed by atoms with Crippen LogP contribution in [0.25, 0.3) is 0 Å². The lowest BCUT2D eigenvalue weighted by Gasteiger charge is -2.16. The Kier molecular flexibility index (Phi) is 5.47. The van der Waals surface area contributed by atoms with Gasteiger partial charge in [-0.3, -0.25) is 4.72 Å². The molecule has 19 heavy (non-hydrogen) atoms. The number of nitrogens with one attached hydrogen (secondary N) is 1. The van der Waals surface area contributed by atoms with Crippen molar-refractivity contribution < 1.29 is 17.9 Å². The number of rotatable bonds is 7. The van der Waals surface area contributed by atoms with Crippen molar-refractivity contribution in [3.05, 3.63) is 18.2 Å². The highest BCUT2D eigenvalue weighted by Crippen LogP contribution is 2.27. The molecule has 0 radical (unpaired) electrons. The van der Waals surface area contributed by atoms with Gasteiger partial charge in [-0.2, -0.15) is 0 Å². The molecule has 1 N–H and O–H groups in total. The van der Waals surface area contributed by atoms with Gasteiger partial charge in [0.1, 0.15) is 11.5 Å². The summed E-state index contributed by atoms with van der Waals surface area (Å²) in [5.41, 5.74) is 0.447. The van der Waals surface area contributed by atoms with Crippen molar-refractivity contribution >= 4 is 15.7 Å². The van der Waals surface area contributed by atoms with E-state index in [4.69, 9.17) is 9.47 Å². The van der Waals surface area contributed by atoms with Crippen LogP contribution in [0.2, 0.25) is 0 Å². The van der Waals surface area contributed by atoms with Gasteiger partial charge in [0.2, 0.25) is 10.0 Å². The molecule has 0 aliphatic rings. The van der Waals surface area contributed by atoms with E-state index in [0.29, 0.717) is 30.0 Å². The van der Waals surface area contributed by atoms with Gasteiger partial charge in [-0.1, -0.05) is 13.8 Å². The predicted octanol–water partition coefficient (Wildman–Crippen LogP) is 2.63. The molecule has 6 heteroatoms. The smallest absolute Gasteiger partial charge is 0.235 e. The number of hydrogen-bond donors (Lipinski definition) is 1. The number of anilines is 1. The highest BCUT2D eigenvalue weighted by atomic mass is 32.2. The van der Waals surface area contributed by atoms with Gasteiger partial charge in [0.15, 0.2) is 0 Å². The van der Waals surface area contributed by atoms with Crippen molar-refractivity contribution in [2.45, 2.75) is 31.9 Å². The van der Waals surface area contributed by atoms with E-state index in [1.165, 1.54) is 14.2 Å². The van der Waals surface area contributed by atoms with E-state index in [9.17, 15) is 8.42 Å². The van der Waals surface area contributed by atoms with E-state index < -0.39 is 15.3 Å². The molecule has 0 spiro atoms. The topological polar surface area (TPSA) is 64.6 Å². The standard InChI is InChI=1S/C13H21NO4S/c1-5-13(6-2)19(15,16)14-10-7-11(17-3)9-12(8-10)18-4/h7-9,13-14H,5-6H2,1-4H3. The van der Waals surface area contributed by atoms with Crippen molar-refractivity contribution in [1.82, 2.24) is 0 Å². The second-order valence-corrected chi connectivity index (χ2v) is 6.15. The van der Waals surface area contributed by atoms with Crippen LogP contribution in [0, 0.1) is 0 Å². The maximum absolute atomic E-state index is 12.2. The average Bonchev–Trinajstić information content (AvgIpc) is 2.38. The Morgan fingerprint density at radius 1 is 1.05 bits per heavy atom. The maximum atomic E-state index is 12.2. The SMILES string of the molecule is CCC(CC)S(=O)(=O)Nc1cc(OC)cc(OC)c1. The van der Waals surface area contributed by atoms with Gasteiger partial charge in [-0.05, 0) is 12.8 Å². The molecule has 108 valence electrons. The summed E-state index contributed by atoms with van der Waals surface area (Å²) < 4.78 is 37.1. The van der Waals surface area contributed by atoms with Crippen LogP contribution >= 0.6 is 0 Å². The van der Waals surface area contributed by atoms with Gasteiger partial charge in [0.25, 0.3) is 0 Å². The molecule has 0 bridgehead atoms. The van der Waals surface area contributed by atoms with Gasteiger partial charge in [0.05, 0.1) is 25.2 Å². The van der Waals surface area contributed by atoms with Crippen molar-refractivity contribution in [3.63, 3.8) is 0 Å². The van der Waals surface area contributed by atoms with Crippen LogP contribution in [0.4, 0.5) is 5.69 Å². The molecule has 0 saturated carbocycles. The van der Waals surface area contributed by atoms with Crippen molar-refractivity contribution in [2.24, 2.45) is 0 Å². The lowest BCUT2D eigenvalue weighted by Crippen LogP contribution is -2.26. The van der Waals surface area contributed by atoms with Crippen LogP contribution in [0.1, 0.15) is 26.7 Å². The molecule has 0 atom stereocenters. The Labute approximate surface area is 115 Å². The molecule has 1 rings (SSSR count).